The fraction of sp³-hybridized carbons (Fsp3) is 0.348. The number of hydrogen-bond donors (Lipinski definition) is 3. The molecule has 4 N–H and O–H groups in total. The second kappa shape index (κ2) is 10.5. The van der Waals surface area contributed by atoms with Crippen LogP contribution < -0.4 is 16.4 Å². The summed E-state index contributed by atoms with van der Waals surface area (Å²) < 4.78 is 5.25. The average Bonchev–Trinajstić information content (AvgIpc) is 2.67. The van der Waals surface area contributed by atoms with Crippen molar-refractivity contribution in [1.29, 1.82) is 0 Å². The van der Waals surface area contributed by atoms with Crippen molar-refractivity contribution in [3.05, 3.63) is 71.8 Å². The smallest absolute Gasteiger partial charge is 0.408 e. The molecule has 2 rings (SSSR count). The van der Waals surface area contributed by atoms with Gasteiger partial charge < -0.3 is 15.8 Å². The van der Waals surface area contributed by atoms with Crippen molar-refractivity contribution in [3.8, 4) is 0 Å². The Kier molecular flexibility index (Phi) is 8.12. The maximum absolute atomic E-state index is 12.8. The van der Waals surface area contributed by atoms with Crippen LogP contribution in [0.4, 0.5) is 4.79 Å². The second-order valence-electron chi connectivity index (χ2n) is 8.04. The quantitative estimate of drug-likeness (QED) is 0.648. The molecule has 2 atom stereocenters. The van der Waals surface area contributed by atoms with Crippen LogP contribution >= 0.6 is 0 Å². The molecule has 0 unspecified atom stereocenters. The summed E-state index contributed by atoms with van der Waals surface area (Å²) in [5.74, 6) is -1.24. The number of rotatable bonds is 7. The molecule has 7 nitrogen and oxygen atoms in total. The minimum Gasteiger partial charge on any atom is -0.444 e. The van der Waals surface area contributed by atoms with Gasteiger partial charge >= 0.3 is 6.09 Å². The van der Waals surface area contributed by atoms with E-state index in [0.717, 1.165) is 11.1 Å². The van der Waals surface area contributed by atoms with E-state index < -0.39 is 35.6 Å². The number of carbonyl (C=O) groups excluding carboxylic acids is 3. The number of nitrogens with one attached hydrogen (secondary N) is 2. The summed E-state index contributed by atoms with van der Waals surface area (Å²) in [6, 6.07) is 16.6. The first kappa shape index (κ1) is 23.1. The number of benzene rings is 2. The summed E-state index contributed by atoms with van der Waals surface area (Å²) in [5.41, 5.74) is 6.96. The van der Waals surface area contributed by atoms with Crippen LogP contribution in [0.1, 0.15) is 31.9 Å². The predicted molar refractivity (Wildman–Crippen MR) is 115 cm³/mol. The van der Waals surface area contributed by atoms with E-state index in [4.69, 9.17) is 10.5 Å². The van der Waals surface area contributed by atoms with Crippen LogP contribution in [0.25, 0.3) is 0 Å². The second-order valence-corrected chi connectivity index (χ2v) is 8.04. The normalized spacial score (nSPS) is 13.1. The Labute approximate surface area is 177 Å². The largest absolute Gasteiger partial charge is 0.444 e. The van der Waals surface area contributed by atoms with Gasteiger partial charge in [-0.05, 0) is 38.3 Å². The molecule has 0 aliphatic rings. The van der Waals surface area contributed by atoms with E-state index in [9.17, 15) is 14.4 Å². The van der Waals surface area contributed by atoms with Crippen molar-refractivity contribution in [1.82, 2.24) is 10.6 Å². The fourth-order valence-corrected chi connectivity index (χ4v) is 2.77. The van der Waals surface area contributed by atoms with Gasteiger partial charge in [0.05, 0.1) is 6.04 Å². The Morgan fingerprint density at radius 3 is 1.87 bits per heavy atom. The SMILES string of the molecule is CC(C)(C)OC(=O)N[C@@H](Cc1ccccc1)C(=O)NC(=O)[C@@H](N)Cc1ccccc1. The van der Waals surface area contributed by atoms with E-state index in [-0.39, 0.29) is 6.42 Å². The van der Waals surface area contributed by atoms with Crippen LogP contribution in [0, 0.1) is 0 Å². The molecule has 0 spiro atoms. The fourth-order valence-electron chi connectivity index (χ4n) is 2.77. The number of carbonyl (C=O) groups is 3. The Bertz CT molecular complexity index is 848. The summed E-state index contributed by atoms with van der Waals surface area (Å²) in [7, 11) is 0. The molecular formula is C23H29N3O4. The van der Waals surface area contributed by atoms with Gasteiger partial charge in [-0.2, -0.15) is 0 Å². The summed E-state index contributed by atoms with van der Waals surface area (Å²) in [5, 5.41) is 4.86. The maximum Gasteiger partial charge on any atom is 0.408 e. The molecule has 0 aromatic heterocycles. The summed E-state index contributed by atoms with van der Waals surface area (Å²) in [4.78, 5) is 37.4. The highest BCUT2D eigenvalue weighted by Crippen LogP contribution is 2.09. The standard InChI is InChI=1S/C23H29N3O4/c1-23(2,3)30-22(29)25-19(15-17-12-8-5-9-13-17)21(28)26-20(27)18(24)14-16-10-6-4-7-11-16/h4-13,18-19H,14-15,24H2,1-3H3,(H,25,29)(H,26,27,28)/t18-,19-/m0/s1. The Balaban J connectivity index is 2.04. The molecule has 0 fully saturated rings. The monoisotopic (exact) mass is 411 g/mol. The lowest BCUT2D eigenvalue weighted by atomic mass is 10.0. The first-order valence-corrected chi connectivity index (χ1v) is 9.81. The lowest BCUT2D eigenvalue weighted by Gasteiger charge is -2.23. The lowest BCUT2D eigenvalue weighted by molar-refractivity contribution is -0.132. The zero-order valence-electron chi connectivity index (χ0n) is 17.6. The molecule has 2 aromatic rings. The van der Waals surface area contributed by atoms with Gasteiger partial charge in [-0.1, -0.05) is 60.7 Å². The molecule has 0 aliphatic carbocycles. The molecule has 0 radical (unpaired) electrons. The van der Waals surface area contributed by atoms with Gasteiger partial charge in [0.2, 0.25) is 11.8 Å². The van der Waals surface area contributed by atoms with Gasteiger partial charge in [-0.25, -0.2) is 4.79 Å². The number of ether oxygens (including phenoxy) is 1. The van der Waals surface area contributed by atoms with Crippen LogP contribution in [0.3, 0.4) is 0 Å². The van der Waals surface area contributed by atoms with Crippen molar-refractivity contribution in [2.75, 3.05) is 0 Å². The highest BCUT2D eigenvalue weighted by molar-refractivity contribution is 6.01. The molecule has 2 aromatic carbocycles. The van der Waals surface area contributed by atoms with E-state index in [1.165, 1.54) is 0 Å². The molecule has 0 saturated heterocycles. The first-order valence-electron chi connectivity index (χ1n) is 9.81. The number of nitrogens with two attached hydrogens (primary N) is 1. The third-order valence-corrected chi connectivity index (χ3v) is 4.17. The van der Waals surface area contributed by atoms with Crippen LogP contribution in [-0.4, -0.2) is 35.6 Å². The molecule has 7 heteroatoms. The van der Waals surface area contributed by atoms with Crippen LogP contribution in [0.5, 0.6) is 0 Å². The van der Waals surface area contributed by atoms with Crippen LogP contribution in [0.2, 0.25) is 0 Å². The van der Waals surface area contributed by atoms with Crippen molar-refractivity contribution >= 4 is 17.9 Å². The van der Waals surface area contributed by atoms with Gasteiger partial charge in [-0.3, -0.25) is 14.9 Å². The lowest BCUT2D eigenvalue weighted by Crippen LogP contribution is -2.53. The Morgan fingerprint density at radius 1 is 0.867 bits per heavy atom. The molecule has 0 aliphatic heterocycles. The zero-order chi connectivity index (χ0) is 22.1. The highest BCUT2D eigenvalue weighted by atomic mass is 16.6. The van der Waals surface area contributed by atoms with E-state index in [2.05, 4.69) is 10.6 Å². The highest BCUT2D eigenvalue weighted by Gasteiger charge is 2.27. The van der Waals surface area contributed by atoms with E-state index in [0.29, 0.717) is 6.42 Å². The summed E-state index contributed by atoms with van der Waals surface area (Å²) >= 11 is 0. The number of imide groups is 1. The van der Waals surface area contributed by atoms with Crippen molar-refractivity contribution in [3.63, 3.8) is 0 Å². The van der Waals surface area contributed by atoms with E-state index >= 15 is 0 Å². The number of alkyl carbamates (subject to hydrolysis) is 1. The maximum atomic E-state index is 12.8. The average molecular weight is 412 g/mol. The predicted octanol–water partition coefficient (Wildman–Crippen LogP) is 2.34. The minimum absolute atomic E-state index is 0.202. The molecular weight excluding hydrogens is 382 g/mol. The van der Waals surface area contributed by atoms with Crippen molar-refractivity contribution in [2.45, 2.75) is 51.3 Å². The van der Waals surface area contributed by atoms with Gasteiger partial charge in [0.25, 0.3) is 0 Å². The molecule has 3 amide bonds. The van der Waals surface area contributed by atoms with E-state index in [1.807, 2.05) is 60.7 Å². The molecule has 0 bridgehead atoms. The minimum atomic E-state index is -0.991. The first-order chi connectivity index (χ1) is 14.1. The molecule has 0 heterocycles. The Morgan fingerprint density at radius 2 is 1.37 bits per heavy atom. The van der Waals surface area contributed by atoms with Gasteiger partial charge in [-0.15, -0.1) is 0 Å². The van der Waals surface area contributed by atoms with Gasteiger partial charge in [0, 0.05) is 6.42 Å². The van der Waals surface area contributed by atoms with Gasteiger partial charge in [0.1, 0.15) is 11.6 Å². The summed E-state index contributed by atoms with van der Waals surface area (Å²) in [6.45, 7) is 5.18. The zero-order valence-corrected chi connectivity index (χ0v) is 17.6. The molecule has 30 heavy (non-hydrogen) atoms. The van der Waals surface area contributed by atoms with Crippen LogP contribution in [-0.2, 0) is 27.2 Å². The van der Waals surface area contributed by atoms with Crippen molar-refractivity contribution in [2.24, 2.45) is 5.73 Å². The number of amides is 3. The Hall–Kier alpha value is -3.19. The van der Waals surface area contributed by atoms with E-state index in [1.54, 1.807) is 20.8 Å². The topological polar surface area (TPSA) is 111 Å². The van der Waals surface area contributed by atoms with Crippen LogP contribution in [0.15, 0.2) is 60.7 Å². The van der Waals surface area contributed by atoms with Crippen molar-refractivity contribution < 1.29 is 19.1 Å². The molecule has 0 saturated carbocycles. The third-order valence-electron chi connectivity index (χ3n) is 4.17. The molecule has 160 valence electrons. The third kappa shape index (κ3) is 8.05. The number of hydrogen-bond acceptors (Lipinski definition) is 5. The summed E-state index contributed by atoms with van der Waals surface area (Å²) in [6.07, 6.45) is -0.241. The van der Waals surface area contributed by atoms with Gasteiger partial charge in [0.15, 0.2) is 0 Å².